The van der Waals surface area contributed by atoms with Crippen molar-refractivity contribution >= 4 is 11.5 Å². The molecular weight excluding hydrogens is 260 g/mol. The Hall–Kier alpha value is -2.01. The van der Waals surface area contributed by atoms with Gasteiger partial charge in [-0.3, -0.25) is 0 Å². The maximum Gasteiger partial charge on any atom is 0.170 e. The van der Waals surface area contributed by atoms with Crippen LogP contribution in [0.15, 0.2) is 36.5 Å². The second-order valence-electron chi connectivity index (χ2n) is 4.42. The van der Waals surface area contributed by atoms with E-state index in [0.29, 0.717) is 17.8 Å². The van der Waals surface area contributed by atoms with Crippen molar-refractivity contribution in [3.8, 4) is 0 Å². The molecule has 0 fully saturated rings. The lowest BCUT2D eigenvalue weighted by Gasteiger charge is -2.20. The number of hydrogen-bond acceptors (Lipinski definition) is 3. The summed E-state index contributed by atoms with van der Waals surface area (Å²) in [5.41, 5.74) is 1.24. The van der Waals surface area contributed by atoms with E-state index in [0.717, 1.165) is 6.54 Å². The zero-order valence-electron chi connectivity index (χ0n) is 11.5. The topological polar surface area (TPSA) is 28.2 Å². The first kappa shape index (κ1) is 14.4. The molecule has 5 heteroatoms. The summed E-state index contributed by atoms with van der Waals surface area (Å²) in [6.45, 7) is 3.19. The summed E-state index contributed by atoms with van der Waals surface area (Å²) in [4.78, 5) is 5.68. The van der Waals surface area contributed by atoms with Crippen LogP contribution in [0.5, 0.6) is 0 Å². The van der Waals surface area contributed by atoms with E-state index < -0.39 is 0 Å². The second kappa shape index (κ2) is 6.43. The van der Waals surface area contributed by atoms with Crippen molar-refractivity contribution in [2.24, 2.45) is 0 Å². The van der Waals surface area contributed by atoms with Crippen molar-refractivity contribution in [1.82, 2.24) is 10.3 Å². The zero-order chi connectivity index (χ0) is 14.5. The number of aromatic nitrogens is 1. The molecular formula is C15H17F2N3. The smallest absolute Gasteiger partial charge is 0.170 e. The average molecular weight is 277 g/mol. The predicted octanol–water partition coefficient (Wildman–Crippen LogP) is 3.24. The maximum absolute atomic E-state index is 14.4. The normalized spacial score (nSPS) is 10.6. The third kappa shape index (κ3) is 3.11. The van der Waals surface area contributed by atoms with Gasteiger partial charge in [-0.2, -0.15) is 0 Å². The number of pyridine rings is 1. The third-order valence-electron chi connectivity index (χ3n) is 3.05. The standard InChI is InChI=1S/C15H17F2N3/c1-3-18-10-11-8-9-19-15(14(11)17)20(2)13-6-4-12(16)5-7-13/h4-9,18H,3,10H2,1-2H3. The van der Waals surface area contributed by atoms with Gasteiger partial charge in [0.25, 0.3) is 0 Å². The molecule has 0 atom stereocenters. The number of nitrogens with one attached hydrogen (secondary N) is 1. The molecule has 0 unspecified atom stereocenters. The van der Waals surface area contributed by atoms with E-state index in [1.807, 2.05) is 6.92 Å². The van der Waals surface area contributed by atoms with Gasteiger partial charge in [-0.25, -0.2) is 13.8 Å². The highest BCUT2D eigenvalue weighted by Crippen LogP contribution is 2.25. The molecule has 2 rings (SSSR count). The van der Waals surface area contributed by atoms with E-state index in [1.165, 1.54) is 12.1 Å². The first-order valence-electron chi connectivity index (χ1n) is 6.47. The summed E-state index contributed by atoms with van der Waals surface area (Å²) in [5.74, 6) is -0.455. The molecule has 0 amide bonds. The fourth-order valence-electron chi connectivity index (χ4n) is 1.89. The van der Waals surface area contributed by atoms with Crippen LogP contribution in [0.4, 0.5) is 20.3 Å². The summed E-state index contributed by atoms with van der Waals surface area (Å²) in [6, 6.07) is 7.51. The Morgan fingerprint density at radius 3 is 2.50 bits per heavy atom. The van der Waals surface area contributed by atoms with Gasteiger partial charge in [0.15, 0.2) is 11.6 Å². The summed E-state index contributed by atoms with van der Waals surface area (Å²) in [6.07, 6.45) is 1.57. The van der Waals surface area contributed by atoms with Crippen LogP contribution in [-0.2, 0) is 6.54 Å². The molecule has 0 bridgehead atoms. The fourth-order valence-corrected chi connectivity index (χ4v) is 1.89. The van der Waals surface area contributed by atoms with Crippen LogP contribution in [0.1, 0.15) is 12.5 Å². The van der Waals surface area contributed by atoms with Gasteiger partial charge in [-0.1, -0.05) is 6.92 Å². The van der Waals surface area contributed by atoms with Crippen molar-refractivity contribution in [3.05, 3.63) is 53.7 Å². The lowest BCUT2D eigenvalue weighted by molar-refractivity contribution is 0.588. The predicted molar refractivity (Wildman–Crippen MR) is 76.0 cm³/mol. The molecule has 1 aromatic heterocycles. The molecule has 0 saturated heterocycles. The minimum Gasteiger partial charge on any atom is -0.327 e. The number of rotatable bonds is 5. The highest BCUT2D eigenvalue weighted by atomic mass is 19.1. The van der Waals surface area contributed by atoms with Gasteiger partial charge < -0.3 is 10.2 Å². The molecule has 20 heavy (non-hydrogen) atoms. The molecule has 2 aromatic rings. The van der Waals surface area contributed by atoms with Crippen LogP contribution in [0.3, 0.4) is 0 Å². The minimum atomic E-state index is -0.361. The fraction of sp³-hybridized carbons (Fsp3) is 0.267. The van der Waals surface area contributed by atoms with Gasteiger partial charge in [-0.05, 0) is 36.9 Å². The number of benzene rings is 1. The monoisotopic (exact) mass is 277 g/mol. The Kier molecular flexibility index (Phi) is 4.63. The van der Waals surface area contributed by atoms with Gasteiger partial charge in [0.1, 0.15) is 5.82 Å². The van der Waals surface area contributed by atoms with Crippen LogP contribution in [0.25, 0.3) is 0 Å². The molecule has 0 spiro atoms. The lowest BCUT2D eigenvalue weighted by atomic mass is 10.2. The Labute approximate surface area is 117 Å². The maximum atomic E-state index is 14.4. The van der Waals surface area contributed by atoms with Gasteiger partial charge in [-0.15, -0.1) is 0 Å². The summed E-state index contributed by atoms with van der Waals surface area (Å²) in [5, 5.41) is 3.08. The van der Waals surface area contributed by atoms with Crippen molar-refractivity contribution in [2.45, 2.75) is 13.5 Å². The quantitative estimate of drug-likeness (QED) is 0.909. The molecule has 106 valence electrons. The lowest BCUT2D eigenvalue weighted by Crippen LogP contribution is -2.17. The zero-order valence-corrected chi connectivity index (χ0v) is 11.5. The van der Waals surface area contributed by atoms with Crippen LogP contribution in [-0.4, -0.2) is 18.6 Å². The van der Waals surface area contributed by atoms with Gasteiger partial charge in [0.05, 0.1) is 0 Å². The van der Waals surface area contributed by atoms with Crippen LogP contribution in [0.2, 0.25) is 0 Å². The average Bonchev–Trinajstić information content (AvgIpc) is 2.46. The van der Waals surface area contributed by atoms with Crippen molar-refractivity contribution < 1.29 is 8.78 Å². The Morgan fingerprint density at radius 2 is 1.85 bits per heavy atom. The van der Waals surface area contributed by atoms with E-state index in [1.54, 1.807) is 36.3 Å². The van der Waals surface area contributed by atoms with Crippen LogP contribution in [0, 0.1) is 11.6 Å². The summed E-state index contributed by atoms with van der Waals surface area (Å²) < 4.78 is 27.3. The number of hydrogen-bond donors (Lipinski definition) is 1. The molecule has 0 radical (unpaired) electrons. The number of anilines is 2. The first-order chi connectivity index (χ1) is 9.63. The Balaban J connectivity index is 2.29. The van der Waals surface area contributed by atoms with Crippen LogP contribution >= 0.6 is 0 Å². The van der Waals surface area contributed by atoms with E-state index in [2.05, 4.69) is 10.3 Å². The van der Waals surface area contributed by atoms with E-state index in [4.69, 9.17) is 0 Å². The molecule has 1 heterocycles. The highest BCUT2D eigenvalue weighted by molar-refractivity contribution is 5.60. The minimum absolute atomic E-state index is 0.229. The molecule has 3 nitrogen and oxygen atoms in total. The molecule has 0 saturated carbocycles. The van der Waals surface area contributed by atoms with Crippen LogP contribution < -0.4 is 10.2 Å². The SMILES string of the molecule is CCNCc1ccnc(N(C)c2ccc(F)cc2)c1F. The van der Waals surface area contributed by atoms with E-state index in [9.17, 15) is 8.78 Å². The van der Waals surface area contributed by atoms with Gasteiger partial charge in [0.2, 0.25) is 0 Å². The van der Waals surface area contributed by atoms with E-state index in [-0.39, 0.29) is 17.5 Å². The first-order valence-corrected chi connectivity index (χ1v) is 6.47. The van der Waals surface area contributed by atoms with Gasteiger partial charge >= 0.3 is 0 Å². The second-order valence-corrected chi connectivity index (χ2v) is 4.42. The highest BCUT2D eigenvalue weighted by Gasteiger charge is 2.14. The largest absolute Gasteiger partial charge is 0.327 e. The molecule has 1 aromatic carbocycles. The molecule has 0 aliphatic rings. The number of nitrogens with zero attached hydrogens (tertiary/aromatic N) is 2. The summed E-state index contributed by atoms with van der Waals surface area (Å²) >= 11 is 0. The van der Waals surface area contributed by atoms with Crippen molar-refractivity contribution in [1.29, 1.82) is 0 Å². The van der Waals surface area contributed by atoms with Crippen molar-refractivity contribution in [2.75, 3.05) is 18.5 Å². The molecule has 1 N–H and O–H groups in total. The third-order valence-corrected chi connectivity index (χ3v) is 3.05. The Morgan fingerprint density at radius 1 is 1.15 bits per heavy atom. The van der Waals surface area contributed by atoms with Gasteiger partial charge in [0, 0.05) is 31.0 Å². The van der Waals surface area contributed by atoms with Crippen molar-refractivity contribution in [3.63, 3.8) is 0 Å². The van der Waals surface area contributed by atoms with E-state index >= 15 is 0 Å². The summed E-state index contributed by atoms with van der Waals surface area (Å²) in [7, 11) is 1.70. The molecule has 0 aliphatic carbocycles. The Bertz CT molecular complexity index is 570. The number of halogens is 2. The molecule has 0 aliphatic heterocycles.